The molecule has 0 radical (unpaired) electrons. The van der Waals surface area contributed by atoms with Gasteiger partial charge >= 0.3 is 0 Å². The van der Waals surface area contributed by atoms with Crippen molar-refractivity contribution in [1.29, 1.82) is 0 Å². The normalized spacial score (nSPS) is 20.0. The maximum atomic E-state index is 12.9. The smallest absolute Gasteiger partial charge is 0.237 e. The number of amides is 1. The van der Waals surface area contributed by atoms with Gasteiger partial charge in [0.1, 0.15) is 6.33 Å². The molecule has 140 valence electrons. The van der Waals surface area contributed by atoms with Crippen LogP contribution in [0.1, 0.15) is 23.6 Å². The second kappa shape index (κ2) is 8.13. The van der Waals surface area contributed by atoms with E-state index in [1.165, 1.54) is 5.56 Å². The Bertz CT molecular complexity index is 834. The van der Waals surface area contributed by atoms with E-state index >= 15 is 0 Å². The Labute approximate surface area is 157 Å². The molecule has 0 bridgehead atoms. The molecule has 1 aliphatic heterocycles. The van der Waals surface area contributed by atoms with E-state index in [1.807, 2.05) is 24.3 Å². The first kappa shape index (κ1) is 17.4. The Hall–Kier alpha value is -3.00. The molecule has 1 N–H and O–H groups in total. The summed E-state index contributed by atoms with van der Waals surface area (Å²) in [4.78, 5) is 15.0. The maximum absolute atomic E-state index is 12.9. The van der Waals surface area contributed by atoms with Crippen molar-refractivity contribution in [2.24, 2.45) is 0 Å². The molecule has 0 spiro atoms. The van der Waals surface area contributed by atoms with Gasteiger partial charge in [0.05, 0.1) is 24.6 Å². The SMILES string of the molecule is O=C(NCCc1ccccc1)[C@@H]1C[C@H](n2cnnn2)CN1Cc1ccoc1. The quantitative estimate of drug-likeness (QED) is 0.681. The van der Waals surface area contributed by atoms with Crippen molar-refractivity contribution in [3.8, 4) is 0 Å². The molecule has 8 nitrogen and oxygen atoms in total. The number of tetrazole rings is 1. The largest absolute Gasteiger partial charge is 0.472 e. The first-order valence-corrected chi connectivity index (χ1v) is 9.09. The minimum atomic E-state index is -0.218. The van der Waals surface area contributed by atoms with Crippen molar-refractivity contribution >= 4 is 5.91 Å². The predicted molar refractivity (Wildman–Crippen MR) is 97.5 cm³/mol. The summed E-state index contributed by atoms with van der Waals surface area (Å²) in [7, 11) is 0. The van der Waals surface area contributed by atoms with Crippen LogP contribution in [0.2, 0.25) is 0 Å². The van der Waals surface area contributed by atoms with Gasteiger partial charge in [-0.15, -0.1) is 5.10 Å². The molecule has 4 rings (SSSR count). The number of carbonyl (C=O) groups is 1. The third-order valence-corrected chi connectivity index (χ3v) is 4.94. The number of likely N-dealkylation sites (tertiary alicyclic amines) is 1. The van der Waals surface area contributed by atoms with Gasteiger partial charge in [-0.3, -0.25) is 9.69 Å². The van der Waals surface area contributed by atoms with Crippen LogP contribution in [0, 0.1) is 0 Å². The number of nitrogens with one attached hydrogen (secondary N) is 1. The van der Waals surface area contributed by atoms with Crippen LogP contribution in [0.5, 0.6) is 0 Å². The van der Waals surface area contributed by atoms with Crippen molar-refractivity contribution < 1.29 is 9.21 Å². The van der Waals surface area contributed by atoms with Crippen molar-refractivity contribution in [1.82, 2.24) is 30.4 Å². The zero-order valence-corrected chi connectivity index (χ0v) is 14.9. The molecule has 3 aromatic rings. The number of furan rings is 1. The average molecular weight is 366 g/mol. The minimum absolute atomic E-state index is 0.0463. The Morgan fingerprint density at radius 1 is 1.22 bits per heavy atom. The number of aromatic nitrogens is 4. The van der Waals surface area contributed by atoms with E-state index in [-0.39, 0.29) is 18.0 Å². The van der Waals surface area contributed by atoms with E-state index in [1.54, 1.807) is 23.5 Å². The van der Waals surface area contributed by atoms with E-state index < -0.39 is 0 Å². The van der Waals surface area contributed by atoms with Gasteiger partial charge in [-0.05, 0) is 34.9 Å². The molecule has 1 fully saturated rings. The number of carbonyl (C=O) groups excluding carboxylic acids is 1. The fourth-order valence-electron chi connectivity index (χ4n) is 3.56. The zero-order chi connectivity index (χ0) is 18.5. The highest BCUT2D eigenvalue weighted by molar-refractivity contribution is 5.82. The average Bonchev–Trinajstić information content (AvgIpc) is 3.45. The molecule has 1 aliphatic rings. The highest BCUT2D eigenvalue weighted by Gasteiger charge is 2.38. The zero-order valence-electron chi connectivity index (χ0n) is 14.9. The lowest BCUT2D eigenvalue weighted by molar-refractivity contribution is -0.125. The minimum Gasteiger partial charge on any atom is -0.472 e. The molecule has 0 aliphatic carbocycles. The van der Waals surface area contributed by atoms with Crippen LogP contribution >= 0.6 is 0 Å². The van der Waals surface area contributed by atoms with Gasteiger partial charge in [-0.2, -0.15) is 0 Å². The van der Waals surface area contributed by atoms with Gasteiger partial charge in [-0.1, -0.05) is 30.3 Å². The molecule has 0 unspecified atom stereocenters. The van der Waals surface area contributed by atoms with Crippen molar-refractivity contribution in [2.45, 2.75) is 31.5 Å². The van der Waals surface area contributed by atoms with Crippen LogP contribution in [0.15, 0.2) is 59.7 Å². The highest BCUT2D eigenvalue weighted by Crippen LogP contribution is 2.28. The molecule has 8 heteroatoms. The topological polar surface area (TPSA) is 89.1 Å². The number of benzene rings is 1. The van der Waals surface area contributed by atoms with E-state index in [2.05, 4.69) is 37.9 Å². The summed E-state index contributed by atoms with van der Waals surface area (Å²) in [6.07, 6.45) is 6.47. The van der Waals surface area contributed by atoms with Gasteiger partial charge in [0.25, 0.3) is 0 Å². The standard InChI is InChI=1S/C19H22N6O2/c26-19(20-8-6-15-4-2-1-3-5-15)18-10-17(25-14-21-22-23-25)12-24(18)11-16-7-9-27-13-16/h1-5,7,9,13-14,17-18H,6,8,10-12H2,(H,20,26)/t17-,18-/m0/s1. The Morgan fingerprint density at radius 2 is 2.11 bits per heavy atom. The second-order valence-electron chi connectivity index (χ2n) is 6.78. The van der Waals surface area contributed by atoms with Crippen molar-refractivity contribution in [2.75, 3.05) is 13.1 Å². The Morgan fingerprint density at radius 3 is 2.85 bits per heavy atom. The van der Waals surface area contributed by atoms with Crippen LogP contribution in [0.25, 0.3) is 0 Å². The lowest BCUT2D eigenvalue weighted by atomic mass is 10.1. The first-order chi connectivity index (χ1) is 13.3. The van der Waals surface area contributed by atoms with Gasteiger partial charge < -0.3 is 9.73 Å². The molecule has 1 aromatic carbocycles. The molecule has 27 heavy (non-hydrogen) atoms. The van der Waals surface area contributed by atoms with Crippen LogP contribution < -0.4 is 5.32 Å². The van der Waals surface area contributed by atoms with Gasteiger partial charge in [0.15, 0.2) is 0 Å². The van der Waals surface area contributed by atoms with Crippen LogP contribution in [-0.2, 0) is 17.8 Å². The van der Waals surface area contributed by atoms with E-state index in [4.69, 9.17) is 4.42 Å². The lowest BCUT2D eigenvalue weighted by Crippen LogP contribution is -2.43. The predicted octanol–water partition coefficient (Wildman–Crippen LogP) is 1.44. The van der Waals surface area contributed by atoms with Crippen LogP contribution in [-0.4, -0.2) is 50.1 Å². The summed E-state index contributed by atoms with van der Waals surface area (Å²) in [5.41, 5.74) is 2.26. The molecular weight excluding hydrogens is 344 g/mol. The molecule has 2 atom stereocenters. The summed E-state index contributed by atoms with van der Waals surface area (Å²) in [5, 5.41) is 14.5. The molecule has 1 amide bonds. The fraction of sp³-hybridized carbons (Fsp3) is 0.368. The lowest BCUT2D eigenvalue weighted by Gasteiger charge is -2.22. The number of hydrogen-bond donors (Lipinski definition) is 1. The van der Waals surface area contributed by atoms with Crippen LogP contribution in [0.3, 0.4) is 0 Å². The van der Waals surface area contributed by atoms with Gasteiger partial charge in [0, 0.05) is 25.2 Å². The Balaban J connectivity index is 1.39. The van der Waals surface area contributed by atoms with Crippen molar-refractivity contribution in [3.63, 3.8) is 0 Å². The fourth-order valence-corrected chi connectivity index (χ4v) is 3.56. The van der Waals surface area contributed by atoms with E-state index in [0.29, 0.717) is 26.1 Å². The molecule has 1 saturated heterocycles. The van der Waals surface area contributed by atoms with E-state index in [0.717, 1.165) is 12.0 Å². The number of rotatable bonds is 7. The number of hydrogen-bond acceptors (Lipinski definition) is 6. The van der Waals surface area contributed by atoms with Gasteiger partial charge in [-0.25, -0.2) is 4.68 Å². The van der Waals surface area contributed by atoms with Gasteiger partial charge in [0.2, 0.25) is 5.91 Å². The summed E-state index contributed by atoms with van der Waals surface area (Å²) in [5.74, 6) is 0.0463. The van der Waals surface area contributed by atoms with Crippen molar-refractivity contribution in [3.05, 3.63) is 66.4 Å². The van der Waals surface area contributed by atoms with E-state index in [9.17, 15) is 4.79 Å². The molecular formula is C19H22N6O2. The molecule has 2 aromatic heterocycles. The summed E-state index contributed by atoms with van der Waals surface area (Å²) < 4.78 is 6.90. The maximum Gasteiger partial charge on any atom is 0.237 e. The third kappa shape index (κ3) is 4.22. The summed E-state index contributed by atoms with van der Waals surface area (Å²) >= 11 is 0. The van der Waals surface area contributed by atoms with Crippen LogP contribution in [0.4, 0.5) is 0 Å². The Kier molecular flexibility index (Phi) is 5.24. The summed E-state index contributed by atoms with van der Waals surface area (Å²) in [6.45, 7) is 1.99. The molecule has 0 saturated carbocycles. The molecule has 3 heterocycles. The third-order valence-electron chi connectivity index (χ3n) is 4.94. The highest BCUT2D eigenvalue weighted by atomic mass is 16.3. The first-order valence-electron chi connectivity index (χ1n) is 9.09. The monoisotopic (exact) mass is 366 g/mol. The summed E-state index contributed by atoms with van der Waals surface area (Å²) in [6, 6.07) is 11.9. The number of nitrogens with zero attached hydrogens (tertiary/aromatic N) is 5. The second-order valence-corrected chi connectivity index (χ2v) is 6.78.